The molecule has 5 heteroatoms. The van der Waals surface area contributed by atoms with E-state index in [0.717, 1.165) is 11.1 Å². The fourth-order valence-electron chi connectivity index (χ4n) is 1.72. The summed E-state index contributed by atoms with van der Waals surface area (Å²) in [4.78, 5) is 3.92. The van der Waals surface area contributed by atoms with E-state index < -0.39 is 0 Å². The topological polar surface area (TPSA) is 38.9 Å². The van der Waals surface area contributed by atoms with Crippen LogP contribution in [0.2, 0.25) is 5.02 Å². The van der Waals surface area contributed by atoms with E-state index in [-0.39, 0.29) is 11.9 Å². The number of pyridine rings is 1. The van der Waals surface area contributed by atoms with E-state index in [1.807, 2.05) is 6.07 Å². The van der Waals surface area contributed by atoms with Crippen molar-refractivity contribution in [2.24, 2.45) is 5.73 Å². The summed E-state index contributed by atoms with van der Waals surface area (Å²) in [6, 6.07) is 6.07. The van der Waals surface area contributed by atoms with Crippen LogP contribution in [0.3, 0.4) is 0 Å². The van der Waals surface area contributed by atoms with Gasteiger partial charge in [0.1, 0.15) is 5.82 Å². The highest BCUT2D eigenvalue weighted by Gasteiger charge is 2.13. The maximum absolute atomic E-state index is 13.0. The number of nitrogens with two attached hydrogens (primary N) is 1. The monoisotopic (exact) mass is 328 g/mol. The molecule has 1 aromatic heterocycles. The maximum Gasteiger partial charge on any atom is 0.124 e. The standard InChI is InChI=1S/C13H11BrClFN2/c14-11-6-9(16)1-2-10(11)13(17)5-8-3-4-18-7-12(8)15/h1-4,6-7,13H,5,17H2. The third-order valence-corrected chi connectivity index (χ3v) is 3.69. The Morgan fingerprint density at radius 1 is 1.39 bits per heavy atom. The summed E-state index contributed by atoms with van der Waals surface area (Å²) in [6.45, 7) is 0. The van der Waals surface area contributed by atoms with Crippen LogP contribution >= 0.6 is 27.5 Å². The second-order valence-corrected chi connectivity index (χ2v) is 5.21. The molecule has 0 radical (unpaired) electrons. The van der Waals surface area contributed by atoms with Gasteiger partial charge >= 0.3 is 0 Å². The first kappa shape index (κ1) is 13.5. The van der Waals surface area contributed by atoms with Crippen molar-refractivity contribution < 1.29 is 4.39 Å². The smallest absolute Gasteiger partial charge is 0.124 e. The van der Waals surface area contributed by atoms with Gasteiger partial charge in [-0.1, -0.05) is 33.6 Å². The molecule has 0 amide bonds. The van der Waals surface area contributed by atoms with E-state index in [1.165, 1.54) is 12.1 Å². The molecule has 1 unspecified atom stereocenters. The molecule has 2 N–H and O–H groups in total. The molecule has 1 heterocycles. The van der Waals surface area contributed by atoms with Gasteiger partial charge in [0.25, 0.3) is 0 Å². The quantitative estimate of drug-likeness (QED) is 0.928. The van der Waals surface area contributed by atoms with Crippen molar-refractivity contribution in [2.45, 2.75) is 12.5 Å². The lowest BCUT2D eigenvalue weighted by Gasteiger charge is -2.14. The van der Waals surface area contributed by atoms with Gasteiger partial charge in [0.2, 0.25) is 0 Å². The zero-order chi connectivity index (χ0) is 13.1. The first-order valence-corrected chi connectivity index (χ1v) is 6.54. The van der Waals surface area contributed by atoms with Crippen LogP contribution in [0.4, 0.5) is 4.39 Å². The van der Waals surface area contributed by atoms with Crippen LogP contribution in [0, 0.1) is 5.82 Å². The van der Waals surface area contributed by atoms with E-state index in [9.17, 15) is 4.39 Å². The van der Waals surface area contributed by atoms with Gasteiger partial charge in [-0.15, -0.1) is 0 Å². The summed E-state index contributed by atoms with van der Waals surface area (Å²) < 4.78 is 13.7. The lowest BCUT2D eigenvalue weighted by atomic mass is 10.0. The van der Waals surface area contributed by atoms with Gasteiger partial charge in [-0.2, -0.15) is 0 Å². The van der Waals surface area contributed by atoms with E-state index in [2.05, 4.69) is 20.9 Å². The Labute approximate surface area is 118 Å². The Morgan fingerprint density at radius 2 is 2.17 bits per heavy atom. The van der Waals surface area contributed by atoms with Crippen molar-refractivity contribution in [3.8, 4) is 0 Å². The molecular formula is C13H11BrClFN2. The zero-order valence-electron chi connectivity index (χ0n) is 9.41. The molecule has 1 aromatic carbocycles. The average Bonchev–Trinajstić information content (AvgIpc) is 2.32. The molecule has 0 saturated carbocycles. The number of rotatable bonds is 3. The van der Waals surface area contributed by atoms with Crippen molar-refractivity contribution >= 4 is 27.5 Å². The van der Waals surface area contributed by atoms with Gasteiger partial charge in [0, 0.05) is 22.9 Å². The van der Waals surface area contributed by atoms with Crippen molar-refractivity contribution in [3.05, 3.63) is 63.1 Å². The van der Waals surface area contributed by atoms with Crippen LogP contribution in [0.5, 0.6) is 0 Å². The first-order valence-electron chi connectivity index (χ1n) is 5.37. The molecule has 0 aliphatic carbocycles. The highest BCUT2D eigenvalue weighted by atomic mass is 79.9. The Balaban J connectivity index is 2.22. The molecule has 18 heavy (non-hydrogen) atoms. The predicted molar refractivity (Wildman–Crippen MR) is 74.0 cm³/mol. The normalized spacial score (nSPS) is 12.4. The zero-order valence-corrected chi connectivity index (χ0v) is 11.7. The molecule has 0 saturated heterocycles. The minimum Gasteiger partial charge on any atom is -0.324 e. The van der Waals surface area contributed by atoms with Crippen molar-refractivity contribution in [2.75, 3.05) is 0 Å². The number of hydrogen-bond acceptors (Lipinski definition) is 2. The van der Waals surface area contributed by atoms with Crippen LogP contribution in [0.15, 0.2) is 41.1 Å². The molecule has 0 aliphatic heterocycles. The van der Waals surface area contributed by atoms with Crippen LogP contribution in [-0.2, 0) is 6.42 Å². The lowest BCUT2D eigenvalue weighted by Crippen LogP contribution is -2.14. The second kappa shape index (κ2) is 5.78. The van der Waals surface area contributed by atoms with E-state index in [0.29, 0.717) is 15.9 Å². The van der Waals surface area contributed by atoms with Crippen molar-refractivity contribution in [1.29, 1.82) is 0 Å². The molecule has 2 nitrogen and oxygen atoms in total. The van der Waals surface area contributed by atoms with Gasteiger partial charge < -0.3 is 5.73 Å². The van der Waals surface area contributed by atoms with Crippen molar-refractivity contribution in [3.63, 3.8) is 0 Å². The fraction of sp³-hybridized carbons (Fsp3) is 0.154. The molecule has 2 aromatic rings. The molecule has 0 aliphatic rings. The summed E-state index contributed by atoms with van der Waals surface area (Å²) in [5, 5.41) is 0.589. The van der Waals surface area contributed by atoms with E-state index in [1.54, 1.807) is 18.5 Å². The fourth-order valence-corrected chi connectivity index (χ4v) is 2.56. The summed E-state index contributed by atoms with van der Waals surface area (Å²) in [6.07, 6.45) is 3.84. The highest BCUT2D eigenvalue weighted by molar-refractivity contribution is 9.10. The van der Waals surface area contributed by atoms with Gasteiger partial charge in [-0.3, -0.25) is 4.98 Å². The van der Waals surface area contributed by atoms with Gasteiger partial charge in [0.15, 0.2) is 0 Å². The molecule has 94 valence electrons. The van der Waals surface area contributed by atoms with Gasteiger partial charge in [0.05, 0.1) is 5.02 Å². The van der Waals surface area contributed by atoms with Crippen LogP contribution in [-0.4, -0.2) is 4.98 Å². The Kier molecular flexibility index (Phi) is 4.32. The largest absolute Gasteiger partial charge is 0.324 e. The summed E-state index contributed by atoms with van der Waals surface area (Å²) in [5.74, 6) is -0.292. The minimum atomic E-state index is -0.292. The van der Waals surface area contributed by atoms with Gasteiger partial charge in [-0.05, 0) is 35.7 Å². The molecule has 2 rings (SSSR count). The third-order valence-electron chi connectivity index (χ3n) is 2.66. The molecule has 1 atom stereocenters. The molecule has 0 bridgehead atoms. The van der Waals surface area contributed by atoms with E-state index >= 15 is 0 Å². The number of hydrogen-bond donors (Lipinski definition) is 1. The number of aromatic nitrogens is 1. The summed E-state index contributed by atoms with van der Waals surface area (Å²) >= 11 is 9.35. The Morgan fingerprint density at radius 3 is 2.83 bits per heavy atom. The Hall–Kier alpha value is -0.970. The maximum atomic E-state index is 13.0. The second-order valence-electron chi connectivity index (χ2n) is 3.94. The first-order chi connectivity index (χ1) is 8.58. The average molecular weight is 330 g/mol. The molecule has 0 fully saturated rings. The van der Waals surface area contributed by atoms with Crippen LogP contribution in [0.1, 0.15) is 17.2 Å². The van der Waals surface area contributed by atoms with Crippen LogP contribution in [0.25, 0.3) is 0 Å². The summed E-state index contributed by atoms with van der Waals surface area (Å²) in [7, 11) is 0. The van der Waals surface area contributed by atoms with E-state index in [4.69, 9.17) is 17.3 Å². The highest BCUT2D eigenvalue weighted by Crippen LogP contribution is 2.27. The minimum absolute atomic E-state index is 0.250. The molecular weight excluding hydrogens is 319 g/mol. The number of halogens is 3. The lowest BCUT2D eigenvalue weighted by molar-refractivity contribution is 0.623. The Bertz CT molecular complexity index is 562. The summed E-state index contributed by atoms with van der Waals surface area (Å²) in [5.41, 5.74) is 7.89. The predicted octanol–water partition coefficient (Wildman–Crippen LogP) is 3.88. The third kappa shape index (κ3) is 3.07. The van der Waals surface area contributed by atoms with Gasteiger partial charge in [-0.25, -0.2) is 4.39 Å². The number of nitrogens with zero attached hydrogens (tertiary/aromatic N) is 1. The van der Waals surface area contributed by atoms with Crippen LogP contribution < -0.4 is 5.73 Å². The van der Waals surface area contributed by atoms with Crippen molar-refractivity contribution in [1.82, 2.24) is 4.98 Å². The number of benzene rings is 1. The SMILES string of the molecule is NC(Cc1ccncc1Cl)c1ccc(F)cc1Br. The molecule has 0 spiro atoms.